The highest BCUT2D eigenvalue weighted by Crippen LogP contribution is 2.48. The molecular weight excluding hydrogens is 242 g/mol. The van der Waals surface area contributed by atoms with Gasteiger partial charge in [-0.25, -0.2) is 4.98 Å². The molecule has 2 nitrogen and oxygen atoms in total. The zero-order valence-electron chi connectivity index (χ0n) is 10.6. The maximum Gasteiger partial charge on any atom is 0.104 e. The van der Waals surface area contributed by atoms with Crippen LogP contribution in [-0.2, 0) is 4.74 Å². The quantitative estimate of drug-likeness (QED) is 0.804. The number of aromatic nitrogens is 1. The average Bonchev–Trinajstić information content (AvgIpc) is 2.97. The molecule has 2 aliphatic rings. The largest absolute Gasteiger partial charge is 0.498 e. The minimum atomic E-state index is 0.771. The first-order chi connectivity index (χ1) is 8.88. The summed E-state index contributed by atoms with van der Waals surface area (Å²) in [5.74, 6) is 1.21. The van der Waals surface area contributed by atoms with Crippen LogP contribution in [-0.4, -0.2) is 11.6 Å². The third kappa shape index (κ3) is 2.19. The Labute approximate surface area is 112 Å². The van der Waals surface area contributed by atoms with E-state index >= 15 is 0 Å². The Balaban J connectivity index is 1.81. The topological polar surface area (TPSA) is 22.1 Å². The summed E-state index contributed by atoms with van der Waals surface area (Å²) in [6.45, 7) is 2.83. The Morgan fingerprint density at radius 1 is 1.28 bits per heavy atom. The van der Waals surface area contributed by atoms with Gasteiger partial charge < -0.3 is 4.74 Å². The molecule has 1 aromatic rings. The number of pyridine rings is 1. The lowest BCUT2D eigenvalue weighted by Crippen LogP contribution is -1.91. The monoisotopic (exact) mass is 259 g/mol. The number of allylic oxidation sites excluding steroid dienone is 3. The molecule has 3 rings (SSSR count). The van der Waals surface area contributed by atoms with Gasteiger partial charge in [0.2, 0.25) is 0 Å². The molecular formula is C15H17NOS. The van der Waals surface area contributed by atoms with E-state index in [1.165, 1.54) is 41.1 Å². The molecule has 0 bridgehead atoms. The molecule has 3 heteroatoms. The van der Waals surface area contributed by atoms with Crippen LogP contribution in [0.4, 0.5) is 0 Å². The van der Waals surface area contributed by atoms with E-state index in [1.807, 2.05) is 18.3 Å². The fourth-order valence-corrected chi connectivity index (χ4v) is 3.73. The molecule has 0 radical (unpaired) electrons. The summed E-state index contributed by atoms with van der Waals surface area (Å²) in [6.07, 6.45) is 6.50. The van der Waals surface area contributed by atoms with E-state index in [4.69, 9.17) is 4.74 Å². The van der Waals surface area contributed by atoms with Crippen molar-refractivity contribution in [1.82, 2.24) is 4.98 Å². The molecule has 0 saturated heterocycles. The first kappa shape index (κ1) is 11.8. The summed E-state index contributed by atoms with van der Waals surface area (Å²) < 4.78 is 5.79. The zero-order chi connectivity index (χ0) is 12.4. The van der Waals surface area contributed by atoms with Crippen LogP contribution in [0.3, 0.4) is 0 Å². The van der Waals surface area contributed by atoms with Gasteiger partial charge in [0, 0.05) is 17.5 Å². The SMILES string of the molecule is CCOC1=C2CCCC2=C(Sc2ccccn2)C1. The van der Waals surface area contributed by atoms with Gasteiger partial charge in [0.05, 0.1) is 6.61 Å². The molecule has 0 atom stereocenters. The van der Waals surface area contributed by atoms with Gasteiger partial charge in [-0.1, -0.05) is 17.8 Å². The number of hydrogen-bond donors (Lipinski definition) is 0. The van der Waals surface area contributed by atoms with Gasteiger partial charge in [-0.15, -0.1) is 0 Å². The molecule has 0 amide bonds. The van der Waals surface area contributed by atoms with Crippen LogP contribution in [0.25, 0.3) is 0 Å². The molecule has 1 aromatic heterocycles. The Bertz CT molecular complexity index is 504. The van der Waals surface area contributed by atoms with Crippen LogP contribution in [0.5, 0.6) is 0 Å². The van der Waals surface area contributed by atoms with Crippen molar-refractivity contribution in [3.8, 4) is 0 Å². The molecule has 0 aromatic carbocycles. The van der Waals surface area contributed by atoms with Gasteiger partial charge in [0.1, 0.15) is 10.8 Å². The smallest absolute Gasteiger partial charge is 0.104 e. The number of nitrogens with zero attached hydrogens (tertiary/aromatic N) is 1. The van der Waals surface area contributed by atoms with E-state index in [9.17, 15) is 0 Å². The zero-order valence-corrected chi connectivity index (χ0v) is 11.4. The van der Waals surface area contributed by atoms with Crippen molar-refractivity contribution in [2.24, 2.45) is 0 Å². The van der Waals surface area contributed by atoms with Crippen LogP contribution >= 0.6 is 11.8 Å². The number of thioether (sulfide) groups is 1. The number of fused-ring (bicyclic) bond motifs is 1. The predicted molar refractivity (Wildman–Crippen MR) is 74.2 cm³/mol. The molecule has 94 valence electrons. The highest BCUT2D eigenvalue weighted by atomic mass is 32.2. The third-order valence-electron chi connectivity index (χ3n) is 3.40. The predicted octanol–water partition coefficient (Wildman–Crippen LogP) is 4.31. The first-order valence-corrected chi connectivity index (χ1v) is 7.36. The van der Waals surface area contributed by atoms with Gasteiger partial charge in [-0.3, -0.25) is 0 Å². The van der Waals surface area contributed by atoms with Gasteiger partial charge in [-0.2, -0.15) is 0 Å². The second-order valence-electron chi connectivity index (χ2n) is 4.54. The maximum atomic E-state index is 5.79. The molecule has 0 spiro atoms. The van der Waals surface area contributed by atoms with Crippen LogP contribution in [0.2, 0.25) is 0 Å². The van der Waals surface area contributed by atoms with Gasteiger partial charge in [-0.05, 0) is 49.5 Å². The van der Waals surface area contributed by atoms with Crippen LogP contribution in [0.15, 0.2) is 51.2 Å². The van der Waals surface area contributed by atoms with Crippen molar-refractivity contribution in [2.75, 3.05) is 6.61 Å². The normalized spacial score (nSPS) is 18.5. The average molecular weight is 259 g/mol. The number of hydrogen-bond acceptors (Lipinski definition) is 3. The summed E-state index contributed by atoms with van der Waals surface area (Å²) in [5.41, 5.74) is 3.02. The Kier molecular flexibility index (Phi) is 3.41. The molecule has 1 heterocycles. The summed E-state index contributed by atoms with van der Waals surface area (Å²) >= 11 is 1.80. The lowest BCUT2D eigenvalue weighted by Gasteiger charge is -2.07. The Morgan fingerprint density at radius 2 is 2.17 bits per heavy atom. The number of ether oxygens (including phenoxy) is 1. The Hall–Kier alpha value is -1.22. The minimum Gasteiger partial charge on any atom is -0.498 e. The summed E-state index contributed by atoms with van der Waals surface area (Å²) in [6, 6.07) is 6.08. The highest BCUT2D eigenvalue weighted by molar-refractivity contribution is 8.03. The number of rotatable bonds is 4. The lowest BCUT2D eigenvalue weighted by molar-refractivity contribution is 0.222. The van der Waals surface area contributed by atoms with Crippen LogP contribution in [0.1, 0.15) is 32.6 Å². The van der Waals surface area contributed by atoms with Gasteiger partial charge in [0.15, 0.2) is 0 Å². The third-order valence-corrected chi connectivity index (χ3v) is 4.48. The van der Waals surface area contributed by atoms with Crippen molar-refractivity contribution in [3.63, 3.8) is 0 Å². The van der Waals surface area contributed by atoms with Crippen LogP contribution < -0.4 is 0 Å². The van der Waals surface area contributed by atoms with Crippen molar-refractivity contribution in [2.45, 2.75) is 37.6 Å². The Morgan fingerprint density at radius 3 is 2.94 bits per heavy atom. The van der Waals surface area contributed by atoms with Crippen LogP contribution in [0, 0.1) is 0 Å². The molecule has 18 heavy (non-hydrogen) atoms. The molecule has 0 aliphatic heterocycles. The van der Waals surface area contributed by atoms with E-state index in [1.54, 1.807) is 11.8 Å². The summed E-state index contributed by atoms with van der Waals surface area (Å²) in [5, 5.41) is 1.09. The highest BCUT2D eigenvalue weighted by Gasteiger charge is 2.29. The second-order valence-corrected chi connectivity index (χ2v) is 5.65. The van der Waals surface area contributed by atoms with Gasteiger partial charge >= 0.3 is 0 Å². The standard InChI is InChI=1S/C15H17NOS/c1-2-17-13-10-14(12-7-5-6-11(12)13)18-15-8-3-4-9-16-15/h3-4,8-9H,2,5-7,10H2,1H3. The van der Waals surface area contributed by atoms with E-state index < -0.39 is 0 Å². The fraction of sp³-hybridized carbons (Fsp3) is 0.400. The second kappa shape index (κ2) is 5.19. The van der Waals surface area contributed by atoms with Gasteiger partial charge in [0.25, 0.3) is 0 Å². The molecule has 1 saturated carbocycles. The van der Waals surface area contributed by atoms with Crippen molar-refractivity contribution in [1.29, 1.82) is 0 Å². The van der Waals surface area contributed by atoms with Crippen molar-refractivity contribution >= 4 is 11.8 Å². The van der Waals surface area contributed by atoms with E-state index in [-0.39, 0.29) is 0 Å². The molecule has 2 aliphatic carbocycles. The lowest BCUT2D eigenvalue weighted by atomic mass is 10.2. The minimum absolute atomic E-state index is 0.771. The first-order valence-electron chi connectivity index (χ1n) is 6.54. The molecule has 1 fully saturated rings. The molecule has 0 N–H and O–H groups in total. The van der Waals surface area contributed by atoms with Crippen molar-refractivity contribution in [3.05, 3.63) is 46.2 Å². The summed E-state index contributed by atoms with van der Waals surface area (Å²) in [7, 11) is 0. The fourth-order valence-electron chi connectivity index (χ4n) is 2.66. The summed E-state index contributed by atoms with van der Waals surface area (Å²) in [4.78, 5) is 5.85. The maximum absolute atomic E-state index is 5.79. The van der Waals surface area contributed by atoms with Crippen molar-refractivity contribution < 1.29 is 4.74 Å². The van der Waals surface area contributed by atoms with E-state index in [0.29, 0.717) is 0 Å². The van der Waals surface area contributed by atoms with E-state index in [2.05, 4.69) is 18.0 Å². The van der Waals surface area contributed by atoms with E-state index in [0.717, 1.165) is 18.1 Å². The molecule has 0 unspecified atom stereocenters.